The molecular formula is C20H28N2O4. The third-order valence-corrected chi connectivity index (χ3v) is 4.49. The van der Waals surface area contributed by atoms with Gasteiger partial charge in [-0.25, -0.2) is 14.5 Å². The van der Waals surface area contributed by atoms with E-state index in [0.717, 1.165) is 24.2 Å². The highest BCUT2D eigenvalue weighted by Crippen LogP contribution is 2.26. The van der Waals surface area contributed by atoms with Gasteiger partial charge in [0.05, 0.1) is 6.61 Å². The number of hydrogen-bond donors (Lipinski definition) is 1. The molecule has 0 radical (unpaired) electrons. The van der Waals surface area contributed by atoms with Crippen molar-refractivity contribution in [3.63, 3.8) is 0 Å². The third kappa shape index (κ3) is 5.58. The predicted octanol–water partition coefficient (Wildman–Crippen LogP) is 4.56. The van der Waals surface area contributed by atoms with Gasteiger partial charge in [0.15, 0.2) is 0 Å². The van der Waals surface area contributed by atoms with Gasteiger partial charge in [0, 0.05) is 0 Å². The molecule has 1 aliphatic heterocycles. The average molecular weight is 360 g/mol. The molecule has 1 aromatic carbocycles. The van der Waals surface area contributed by atoms with Crippen LogP contribution in [0.2, 0.25) is 0 Å². The molecule has 6 heteroatoms. The van der Waals surface area contributed by atoms with E-state index < -0.39 is 24.1 Å². The lowest BCUT2D eigenvalue weighted by atomic mass is 10.1. The lowest BCUT2D eigenvalue weighted by Crippen LogP contribution is -2.36. The summed E-state index contributed by atoms with van der Waals surface area (Å²) in [6.07, 6.45) is 8.37. The molecule has 0 aliphatic carbocycles. The molecule has 2 rings (SSSR count). The Hall–Kier alpha value is -2.37. The first-order valence-electron chi connectivity index (χ1n) is 9.51. The van der Waals surface area contributed by atoms with Crippen molar-refractivity contribution in [1.29, 1.82) is 0 Å². The standard InChI is InChI=1S/C20H28N2O4/c1-2-3-4-5-6-7-8-12-15-26-20(25)22-17(18(23)21-19(22)24)16-13-10-9-11-14-16/h9-11,13-14,17H,2-8,12,15H2,1H3,(H,21,23,24). The van der Waals surface area contributed by atoms with Crippen LogP contribution in [0.25, 0.3) is 0 Å². The van der Waals surface area contributed by atoms with Crippen LogP contribution in [0.5, 0.6) is 0 Å². The largest absolute Gasteiger partial charge is 0.449 e. The summed E-state index contributed by atoms with van der Waals surface area (Å²) in [4.78, 5) is 37.2. The number of ether oxygens (including phenoxy) is 1. The Morgan fingerprint density at radius 1 is 1.00 bits per heavy atom. The van der Waals surface area contributed by atoms with E-state index in [1.165, 1.54) is 32.1 Å². The number of unbranched alkanes of at least 4 members (excludes halogenated alkanes) is 7. The third-order valence-electron chi connectivity index (χ3n) is 4.49. The van der Waals surface area contributed by atoms with Gasteiger partial charge in [-0.2, -0.15) is 0 Å². The maximum atomic E-state index is 12.3. The minimum atomic E-state index is -0.963. The number of rotatable bonds is 10. The summed E-state index contributed by atoms with van der Waals surface area (Å²) in [5.74, 6) is -0.509. The average Bonchev–Trinajstić information content (AvgIpc) is 2.95. The fraction of sp³-hybridized carbons (Fsp3) is 0.550. The zero-order chi connectivity index (χ0) is 18.8. The van der Waals surface area contributed by atoms with Crippen LogP contribution in [0.1, 0.15) is 69.9 Å². The van der Waals surface area contributed by atoms with Gasteiger partial charge in [-0.15, -0.1) is 0 Å². The summed E-state index contributed by atoms with van der Waals surface area (Å²) in [6.45, 7) is 2.46. The lowest BCUT2D eigenvalue weighted by molar-refractivity contribution is -0.121. The van der Waals surface area contributed by atoms with Gasteiger partial charge in [0.2, 0.25) is 0 Å². The minimum Gasteiger partial charge on any atom is -0.449 e. The van der Waals surface area contributed by atoms with Crippen molar-refractivity contribution in [2.75, 3.05) is 6.61 Å². The van der Waals surface area contributed by atoms with Crippen molar-refractivity contribution in [1.82, 2.24) is 10.2 Å². The quantitative estimate of drug-likeness (QED) is 0.490. The molecule has 0 bridgehead atoms. The Morgan fingerprint density at radius 3 is 2.27 bits per heavy atom. The van der Waals surface area contributed by atoms with Crippen molar-refractivity contribution in [2.24, 2.45) is 0 Å². The summed E-state index contributed by atoms with van der Waals surface area (Å²) in [7, 11) is 0. The Labute approximate surface area is 154 Å². The van der Waals surface area contributed by atoms with Crippen LogP contribution in [-0.2, 0) is 9.53 Å². The van der Waals surface area contributed by atoms with Crippen molar-refractivity contribution in [3.05, 3.63) is 35.9 Å². The van der Waals surface area contributed by atoms with Crippen LogP contribution in [-0.4, -0.2) is 29.5 Å². The summed E-state index contributed by atoms with van der Waals surface area (Å²) in [6, 6.07) is 7.05. The molecule has 0 spiro atoms. The van der Waals surface area contributed by atoms with Gasteiger partial charge < -0.3 is 4.74 Å². The molecule has 0 saturated carbocycles. The molecule has 1 saturated heterocycles. The normalized spacial score (nSPS) is 16.7. The van der Waals surface area contributed by atoms with E-state index >= 15 is 0 Å². The molecule has 26 heavy (non-hydrogen) atoms. The van der Waals surface area contributed by atoms with Gasteiger partial charge in [-0.1, -0.05) is 82.2 Å². The fourth-order valence-corrected chi connectivity index (χ4v) is 3.06. The zero-order valence-corrected chi connectivity index (χ0v) is 15.4. The number of carbonyl (C=O) groups is 3. The molecule has 1 fully saturated rings. The Morgan fingerprint density at radius 2 is 1.62 bits per heavy atom. The number of carbonyl (C=O) groups excluding carboxylic acids is 3. The van der Waals surface area contributed by atoms with Crippen molar-refractivity contribution in [2.45, 2.75) is 64.3 Å². The van der Waals surface area contributed by atoms with Crippen molar-refractivity contribution >= 4 is 18.0 Å². The van der Waals surface area contributed by atoms with E-state index in [2.05, 4.69) is 12.2 Å². The molecule has 142 valence electrons. The topological polar surface area (TPSA) is 75.7 Å². The van der Waals surface area contributed by atoms with Crippen LogP contribution in [0, 0.1) is 0 Å². The Balaban J connectivity index is 1.75. The van der Waals surface area contributed by atoms with Crippen LogP contribution in [0.15, 0.2) is 30.3 Å². The number of hydrogen-bond acceptors (Lipinski definition) is 4. The highest BCUT2D eigenvalue weighted by molar-refractivity contribution is 6.10. The van der Waals surface area contributed by atoms with E-state index in [1.54, 1.807) is 24.3 Å². The summed E-state index contributed by atoms with van der Waals surface area (Å²) in [5.41, 5.74) is 0.583. The maximum Gasteiger partial charge on any atom is 0.419 e. The van der Waals surface area contributed by atoms with Gasteiger partial charge in [0.1, 0.15) is 6.04 Å². The Bertz CT molecular complexity index is 603. The van der Waals surface area contributed by atoms with E-state index in [9.17, 15) is 14.4 Å². The SMILES string of the molecule is CCCCCCCCCCOC(=O)N1C(=O)NC(=O)C1c1ccccc1. The van der Waals surface area contributed by atoms with Crippen LogP contribution < -0.4 is 5.32 Å². The number of urea groups is 1. The first-order chi connectivity index (χ1) is 12.6. The zero-order valence-electron chi connectivity index (χ0n) is 15.4. The molecule has 1 unspecified atom stereocenters. The summed E-state index contributed by atoms with van der Waals surface area (Å²) >= 11 is 0. The first-order valence-corrected chi connectivity index (χ1v) is 9.51. The molecule has 1 aliphatic rings. The fourth-order valence-electron chi connectivity index (χ4n) is 3.06. The maximum absolute atomic E-state index is 12.3. The highest BCUT2D eigenvalue weighted by atomic mass is 16.6. The number of benzene rings is 1. The number of nitrogens with one attached hydrogen (secondary N) is 1. The van der Waals surface area contributed by atoms with Gasteiger partial charge in [-0.3, -0.25) is 10.1 Å². The predicted molar refractivity (Wildman–Crippen MR) is 98.5 cm³/mol. The van der Waals surface area contributed by atoms with Gasteiger partial charge in [-0.05, 0) is 12.0 Å². The molecule has 1 N–H and O–H groups in total. The minimum absolute atomic E-state index is 0.257. The molecule has 1 heterocycles. The number of nitrogens with zero attached hydrogens (tertiary/aromatic N) is 1. The second-order valence-electron chi connectivity index (χ2n) is 6.57. The van der Waals surface area contributed by atoms with E-state index in [0.29, 0.717) is 5.56 Å². The number of imide groups is 2. The van der Waals surface area contributed by atoms with E-state index in [1.807, 2.05) is 6.07 Å². The van der Waals surface area contributed by atoms with Crippen molar-refractivity contribution < 1.29 is 19.1 Å². The van der Waals surface area contributed by atoms with Gasteiger partial charge in [0.25, 0.3) is 5.91 Å². The molecule has 1 aromatic rings. The number of amides is 4. The van der Waals surface area contributed by atoms with Crippen molar-refractivity contribution in [3.8, 4) is 0 Å². The van der Waals surface area contributed by atoms with Gasteiger partial charge >= 0.3 is 12.1 Å². The molecule has 6 nitrogen and oxygen atoms in total. The first kappa shape index (κ1) is 19.9. The van der Waals surface area contributed by atoms with Crippen LogP contribution >= 0.6 is 0 Å². The summed E-state index contributed by atoms with van der Waals surface area (Å²) < 4.78 is 5.22. The second kappa shape index (κ2) is 10.6. The lowest BCUT2D eigenvalue weighted by Gasteiger charge is -2.19. The Kier molecular flexibility index (Phi) is 8.12. The van der Waals surface area contributed by atoms with Crippen LogP contribution in [0.4, 0.5) is 9.59 Å². The van der Waals surface area contributed by atoms with Crippen LogP contribution in [0.3, 0.4) is 0 Å². The monoisotopic (exact) mass is 360 g/mol. The van der Waals surface area contributed by atoms with E-state index in [4.69, 9.17) is 4.74 Å². The summed E-state index contributed by atoms with van der Waals surface area (Å²) in [5, 5.41) is 2.18. The molecule has 0 aromatic heterocycles. The second-order valence-corrected chi connectivity index (χ2v) is 6.57. The molecule has 4 amide bonds. The van der Waals surface area contributed by atoms with E-state index in [-0.39, 0.29) is 6.61 Å². The molecular weight excluding hydrogens is 332 g/mol. The smallest absolute Gasteiger partial charge is 0.419 e. The molecule has 1 atom stereocenters. The highest BCUT2D eigenvalue weighted by Gasteiger charge is 2.44.